The summed E-state index contributed by atoms with van der Waals surface area (Å²) >= 11 is 4.25. The second kappa shape index (κ2) is 3.45. The Balaban J connectivity index is 2.32. The zero-order valence-corrected chi connectivity index (χ0v) is 8.32. The van der Waals surface area contributed by atoms with Gasteiger partial charge in [0.1, 0.15) is 12.0 Å². The molecule has 0 bridgehead atoms. The fourth-order valence-electron chi connectivity index (χ4n) is 1.46. The Bertz CT molecular complexity index is 370. The summed E-state index contributed by atoms with van der Waals surface area (Å²) in [5.74, 6) is 0.349. The number of hydrogen-bond acceptors (Lipinski definition) is 5. The summed E-state index contributed by atoms with van der Waals surface area (Å²) in [6.07, 6.45) is 3.35. The molecular weight excluding hydrogens is 200 g/mol. The molecule has 0 aromatic carbocycles. The fourth-order valence-corrected chi connectivity index (χ4v) is 1.78. The molecule has 2 rings (SSSR count). The van der Waals surface area contributed by atoms with Gasteiger partial charge in [0.05, 0.1) is 6.20 Å². The number of thiol groups is 1. The molecule has 14 heavy (non-hydrogen) atoms. The van der Waals surface area contributed by atoms with E-state index in [-0.39, 0.29) is 11.2 Å². The van der Waals surface area contributed by atoms with Crippen molar-refractivity contribution in [3.05, 3.63) is 12.5 Å². The first-order chi connectivity index (χ1) is 6.68. The molecule has 5 nitrogen and oxygen atoms in total. The monoisotopic (exact) mass is 210 g/mol. The molecule has 1 atom stereocenters. The Hall–Kier alpha value is -1.30. The molecule has 1 unspecified atom stereocenters. The number of rotatable bonds is 1. The number of hydrogen-bond donors (Lipinski definition) is 2. The quantitative estimate of drug-likeness (QED) is 0.645. The van der Waals surface area contributed by atoms with Gasteiger partial charge in [-0.15, -0.1) is 0 Å². The molecule has 1 amide bonds. The van der Waals surface area contributed by atoms with Crippen molar-refractivity contribution in [1.82, 2.24) is 9.97 Å². The smallest absolute Gasteiger partial charge is 0.228 e. The van der Waals surface area contributed by atoms with Crippen LogP contribution in [0.4, 0.5) is 11.5 Å². The largest absolute Gasteiger partial charge is 0.382 e. The molecular formula is C8H10N4OS. The predicted octanol–water partition coefficient (Wildman–Crippen LogP) is 0.0939. The van der Waals surface area contributed by atoms with Crippen molar-refractivity contribution >= 4 is 30.0 Å². The van der Waals surface area contributed by atoms with Gasteiger partial charge in [0.2, 0.25) is 5.91 Å². The molecule has 1 aliphatic rings. The average molecular weight is 210 g/mol. The maximum atomic E-state index is 11.5. The van der Waals surface area contributed by atoms with E-state index in [2.05, 4.69) is 22.6 Å². The zero-order chi connectivity index (χ0) is 10.1. The number of nitrogens with two attached hydrogens (primary N) is 1. The Morgan fingerprint density at radius 1 is 1.64 bits per heavy atom. The molecule has 0 saturated carbocycles. The van der Waals surface area contributed by atoms with Crippen LogP contribution in [-0.4, -0.2) is 27.7 Å². The van der Waals surface area contributed by atoms with Crippen LogP contribution in [0.3, 0.4) is 0 Å². The van der Waals surface area contributed by atoms with Gasteiger partial charge in [-0.1, -0.05) is 0 Å². The van der Waals surface area contributed by atoms with E-state index in [1.54, 1.807) is 11.1 Å². The first kappa shape index (κ1) is 9.26. The second-order valence-electron chi connectivity index (χ2n) is 3.16. The molecule has 1 aliphatic heterocycles. The minimum Gasteiger partial charge on any atom is -0.382 e. The van der Waals surface area contributed by atoms with Gasteiger partial charge in [-0.3, -0.25) is 4.79 Å². The van der Waals surface area contributed by atoms with Crippen LogP contribution in [0.5, 0.6) is 0 Å². The van der Waals surface area contributed by atoms with E-state index >= 15 is 0 Å². The van der Waals surface area contributed by atoms with Gasteiger partial charge in [-0.25, -0.2) is 9.97 Å². The molecule has 2 N–H and O–H groups in total. The first-order valence-electron chi connectivity index (χ1n) is 4.22. The van der Waals surface area contributed by atoms with Crippen molar-refractivity contribution in [3.63, 3.8) is 0 Å². The SMILES string of the molecule is Nc1ncncc1N1CC(S)CC1=O. The number of aromatic nitrogens is 2. The van der Waals surface area contributed by atoms with E-state index in [1.165, 1.54) is 6.33 Å². The van der Waals surface area contributed by atoms with Gasteiger partial charge in [-0.05, 0) is 0 Å². The van der Waals surface area contributed by atoms with Crippen molar-refractivity contribution in [2.75, 3.05) is 17.2 Å². The highest BCUT2D eigenvalue weighted by molar-refractivity contribution is 7.81. The van der Waals surface area contributed by atoms with Crippen LogP contribution in [0.1, 0.15) is 6.42 Å². The Morgan fingerprint density at radius 2 is 2.43 bits per heavy atom. The number of anilines is 2. The van der Waals surface area contributed by atoms with Crippen molar-refractivity contribution < 1.29 is 4.79 Å². The van der Waals surface area contributed by atoms with Crippen LogP contribution < -0.4 is 10.6 Å². The number of nitrogen functional groups attached to an aromatic ring is 1. The number of carbonyl (C=O) groups excluding carboxylic acids is 1. The third-order valence-electron chi connectivity index (χ3n) is 2.12. The topological polar surface area (TPSA) is 72.1 Å². The maximum absolute atomic E-state index is 11.5. The van der Waals surface area contributed by atoms with Gasteiger partial charge in [-0.2, -0.15) is 12.6 Å². The predicted molar refractivity (Wildman–Crippen MR) is 56.2 cm³/mol. The fraction of sp³-hybridized carbons (Fsp3) is 0.375. The summed E-state index contributed by atoms with van der Waals surface area (Å²) in [5.41, 5.74) is 6.22. The third-order valence-corrected chi connectivity index (χ3v) is 2.46. The highest BCUT2D eigenvalue weighted by Gasteiger charge is 2.29. The van der Waals surface area contributed by atoms with E-state index in [1.807, 2.05) is 0 Å². The molecule has 1 aromatic rings. The lowest BCUT2D eigenvalue weighted by molar-refractivity contribution is -0.117. The lowest BCUT2D eigenvalue weighted by atomic mass is 10.4. The van der Waals surface area contributed by atoms with Gasteiger partial charge in [0, 0.05) is 18.2 Å². The molecule has 74 valence electrons. The van der Waals surface area contributed by atoms with Crippen molar-refractivity contribution in [2.45, 2.75) is 11.7 Å². The van der Waals surface area contributed by atoms with Gasteiger partial charge in [0.15, 0.2) is 5.82 Å². The molecule has 1 saturated heterocycles. The normalized spacial score (nSPS) is 21.6. The number of amides is 1. The first-order valence-corrected chi connectivity index (χ1v) is 4.74. The Kier molecular flexibility index (Phi) is 2.28. The number of carbonyl (C=O) groups is 1. The molecule has 6 heteroatoms. The lowest BCUT2D eigenvalue weighted by Crippen LogP contribution is -2.26. The van der Waals surface area contributed by atoms with Crippen LogP contribution in [0, 0.1) is 0 Å². The van der Waals surface area contributed by atoms with Crippen LogP contribution in [0.15, 0.2) is 12.5 Å². The van der Waals surface area contributed by atoms with E-state index in [0.717, 1.165) is 0 Å². The third kappa shape index (κ3) is 1.52. The van der Waals surface area contributed by atoms with E-state index in [9.17, 15) is 4.79 Å². The Morgan fingerprint density at radius 3 is 3.00 bits per heavy atom. The highest BCUT2D eigenvalue weighted by Crippen LogP contribution is 2.26. The van der Waals surface area contributed by atoms with Crippen molar-refractivity contribution in [1.29, 1.82) is 0 Å². The Labute approximate surface area is 86.7 Å². The van der Waals surface area contributed by atoms with Gasteiger partial charge < -0.3 is 10.6 Å². The second-order valence-corrected chi connectivity index (χ2v) is 3.89. The van der Waals surface area contributed by atoms with Crippen LogP contribution >= 0.6 is 12.6 Å². The van der Waals surface area contributed by atoms with Crippen LogP contribution in [-0.2, 0) is 4.79 Å². The van der Waals surface area contributed by atoms with Gasteiger partial charge in [0.25, 0.3) is 0 Å². The van der Waals surface area contributed by atoms with E-state index < -0.39 is 0 Å². The summed E-state index contributed by atoms with van der Waals surface area (Å²) in [6, 6.07) is 0. The summed E-state index contributed by atoms with van der Waals surface area (Å²) < 4.78 is 0. The molecule has 0 radical (unpaired) electrons. The van der Waals surface area contributed by atoms with Gasteiger partial charge >= 0.3 is 0 Å². The highest BCUT2D eigenvalue weighted by atomic mass is 32.1. The summed E-state index contributed by atoms with van der Waals surface area (Å²) in [6.45, 7) is 0.569. The maximum Gasteiger partial charge on any atom is 0.228 e. The van der Waals surface area contributed by atoms with Crippen molar-refractivity contribution in [3.8, 4) is 0 Å². The minimum absolute atomic E-state index is 0.0199. The molecule has 0 aliphatic carbocycles. The molecule has 1 aromatic heterocycles. The molecule has 2 heterocycles. The van der Waals surface area contributed by atoms with Crippen LogP contribution in [0.2, 0.25) is 0 Å². The average Bonchev–Trinajstić information content (AvgIpc) is 2.46. The van der Waals surface area contributed by atoms with E-state index in [0.29, 0.717) is 24.5 Å². The lowest BCUT2D eigenvalue weighted by Gasteiger charge is -2.16. The van der Waals surface area contributed by atoms with Crippen molar-refractivity contribution in [2.24, 2.45) is 0 Å². The summed E-state index contributed by atoms with van der Waals surface area (Å²) in [7, 11) is 0. The standard InChI is InChI=1S/C8H10N4OS/c9-8-6(2-10-4-11-8)12-3-5(14)1-7(12)13/h2,4-5,14H,1,3H2,(H2,9,10,11). The summed E-state index contributed by atoms with van der Waals surface area (Å²) in [5, 5.41) is 0.0714. The van der Waals surface area contributed by atoms with E-state index in [4.69, 9.17) is 5.73 Å². The zero-order valence-electron chi connectivity index (χ0n) is 7.42. The van der Waals surface area contributed by atoms with Crippen LogP contribution in [0.25, 0.3) is 0 Å². The number of nitrogens with zero attached hydrogens (tertiary/aromatic N) is 3. The molecule has 0 spiro atoms. The molecule has 1 fully saturated rings. The summed E-state index contributed by atoms with van der Waals surface area (Å²) in [4.78, 5) is 20.8. The minimum atomic E-state index is 0.0199.